The maximum Gasteiger partial charge on any atom is 0.409 e. The second-order valence-corrected chi connectivity index (χ2v) is 6.81. The molecule has 1 fully saturated rings. The maximum absolute atomic E-state index is 12.0. The topological polar surface area (TPSA) is 85.9 Å². The molecule has 0 bridgehead atoms. The predicted molar refractivity (Wildman–Crippen MR) is 96.5 cm³/mol. The molecule has 7 nitrogen and oxygen atoms in total. The van der Waals surface area contributed by atoms with E-state index in [0.29, 0.717) is 32.8 Å². The zero-order valence-electron chi connectivity index (χ0n) is 13.9. The summed E-state index contributed by atoms with van der Waals surface area (Å²) in [5, 5.41) is 10.7. The first-order chi connectivity index (χ1) is 12.0. The number of nitrogens with zero attached hydrogens (tertiary/aromatic N) is 2. The van der Waals surface area contributed by atoms with Crippen LogP contribution in [-0.4, -0.2) is 64.7 Å². The molecule has 1 aliphatic rings. The third-order valence-corrected chi connectivity index (χ3v) is 4.90. The van der Waals surface area contributed by atoms with Crippen LogP contribution in [0.5, 0.6) is 0 Å². The van der Waals surface area contributed by atoms with Gasteiger partial charge in [0, 0.05) is 53.3 Å². The van der Waals surface area contributed by atoms with Crippen LogP contribution >= 0.6 is 15.9 Å². The van der Waals surface area contributed by atoms with E-state index in [4.69, 9.17) is 4.74 Å². The summed E-state index contributed by atoms with van der Waals surface area (Å²) < 4.78 is 5.91. The van der Waals surface area contributed by atoms with E-state index in [1.54, 1.807) is 18.0 Å². The van der Waals surface area contributed by atoms with Gasteiger partial charge in [0.2, 0.25) is 0 Å². The highest BCUT2D eigenvalue weighted by atomic mass is 79.9. The molecule has 0 spiro atoms. The summed E-state index contributed by atoms with van der Waals surface area (Å²) in [6.45, 7) is 3.97. The van der Waals surface area contributed by atoms with Gasteiger partial charge in [0.25, 0.3) is 0 Å². The van der Waals surface area contributed by atoms with Crippen molar-refractivity contribution in [1.29, 1.82) is 0 Å². The number of carboxylic acids is 1. The summed E-state index contributed by atoms with van der Waals surface area (Å²) in [7, 11) is 0. The molecule has 0 radical (unpaired) electrons. The van der Waals surface area contributed by atoms with Crippen molar-refractivity contribution < 1.29 is 19.4 Å². The van der Waals surface area contributed by atoms with Crippen LogP contribution in [-0.2, 0) is 9.53 Å². The number of aliphatic carboxylic acids is 1. The van der Waals surface area contributed by atoms with Gasteiger partial charge in [-0.25, -0.2) is 4.79 Å². The van der Waals surface area contributed by atoms with Crippen LogP contribution in [0.2, 0.25) is 0 Å². The quantitative estimate of drug-likeness (QED) is 0.810. The number of nitrogens with one attached hydrogen (secondary N) is 1. The summed E-state index contributed by atoms with van der Waals surface area (Å²) in [6.07, 6.45) is 1.42. The number of aromatic amines is 1. The fraction of sp³-hybridized carbons (Fsp3) is 0.412. The monoisotopic (exact) mass is 409 g/mol. The molecule has 8 heteroatoms. The van der Waals surface area contributed by atoms with E-state index in [0.717, 1.165) is 20.9 Å². The number of carboxylic acid groups (broad SMARTS) is 1. The molecule has 0 unspecified atom stereocenters. The number of ether oxygens (including phenoxy) is 1. The fourth-order valence-corrected chi connectivity index (χ4v) is 3.57. The summed E-state index contributed by atoms with van der Waals surface area (Å²) in [5.41, 5.74) is 1.63. The zero-order valence-corrected chi connectivity index (χ0v) is 15.5. The van der Waals surface area contributed by atoms with Gasteiger partial charge in [-0.1, -0.05) is 15.9 Å². The van der Waals surface area contributed by atoms with E-state index in [2.05, 4.69) is 20.9 Å². The Balaban J connectivity index is 1.82. The molecule has 2 N–H and O–H groups in total. The second kappa shape index (κ2) is 7.45. The lowest BCUT2D eigenvalue weighted by Crippen LogP contribution is -2.51. The van der Waals surface area contributed by atoms with Crippen LogP contribution in [0.1, 0.15) is 18.5 Å². The Morgan fingerprint density at radius 2 is 2.04 bits per heavy atom. The maximum atomic E-state index is 12.0. The number of piperazine rings is 1. The van der Waals surface area contributed by atoms with Gasteiger partial charge in [-0.15, -0.1) is 0 Å². The number of aromatic nitrogens is 1. The minimum absolute atomic E-state index is 0.334. The van der Waals surface area contributed by atoms with Gasteiger partial charge < -0.3 is 19.7 Å². The van der Waals surface area contributed by atoms with E-state index in [9.17, 15) is 14.7 Å². The SMILES string of the molecule is CCOC(=O)N1CCN([C@H](C(=O)O)c2c[nH]c3ccc(Br)cc23)CC1. The summed E-state index contributed by atoms with van der Waals surface area (Å²) >= 11 is 3.44. The predicted octanol–water partition coefficient (Wildman–Crippen LogP) is 2.83. The molecule has 1 saturated heterocycles. The van der Waals surface area contributed by atoms with Crippen LogP contribution < -0.4 is 0 Å². The number of halogens is 1. The van der Waals surface area contributed by atoms with E-state index in [1.807, 2.05) is 23.1 Å². The molecular formula is C17H20BrN3O4. The van der Waals surface area contributed by atoms with Gasteiger partial charge >= 0.3 is 12.1 Å². The molecule has 2 aromatic rings. The van der Waals surface area contributed by atoms with Crippen molar-refractivity contribution in [3.05, 3.63) is 34.4 Å². The molecule has 0 aliphatic carbocycles. The number of carbonyl (C=O) groups is 2. The summed E-state index contributed by atoms with van der Waals surface area (Å²) in [5.74, 6) is -0.898. The third kappa shape index (κ3) is 3.64. The minimum Gasteiger partial charge on any atom is -0.480 e. The van der Waals surface area contributed by atoms with Crippen molar-refractivity contribution in [1.82, 2.24) is 14.8 Å². The number of rotatable bonds is 4. The Hall–Kier alpha value is -2.06. The number of amides is 1. The normalized spacial score (nSPS) is 16.8. The van der Waals surface area contributed by atoms with Crippen LogP contribution in [0.25, 0.3) is 10.9 Å². The molecular weight excluding hydrogens is 390 g/mol. The highest BCUT2D eigenvalue weighted by Crippen LogP contribution is 2.31. The highest BCUT2D eigenvalue weighted by Gasteiger charge is 2.33. The van der Waals surface area contributed by atoms with Crippen LogP contribution in [0.3, 0.4) is 0 Å². The highest BCUT2D eigenvalue weighted by molar-refractivity contribution is 9.10. The fourth-order valence-electron chi connectivity index (χ4n) is 3.20. The van der Waals surface area contributed by atoms with Crippen LogP contribution in [0.15, 0.2) is 28.9 Å². The standard InChI is InChI=1S/C17H20BrN3O4/c1-2-25-17(24)21-7-5-20(6-8-21)15(16(22)23)13-10-19-14-4-3-11(18)9-12(13)14/h3-4,9-10,15,19H,2,5-8H2,1H3,(H,22,23)/t15-/m0/s1. The van der Waals surface area contributed by atoms with Crippen molar-refractivity contribution in [2.75, 3.05) is 32.8 Å². The van der Waals surface area contributed by atoms with Gasteiger partial charge in [0.1, 0.15) is 6.04 Å². The van der Waals surface area contributed by atoms with E-state index < -0.39 is 12.0 Å². The molecule has 1 aromatic carbocycles. The Labute approximate surface area is 153 Å². The van der Waals surface area contributed by atoms with E-state index in [1.165, 1.54) is 0 Å². The molecule has 1 atom stereocenters. The lowest BCUT2D eigenvalue weighted by Gasteiger charge is -2.37. The first-order valence-electron chi connectivity index (χ1n) is 8.16. The first-order valence-corrected chi connectivity index (χ1v) is 8.95. The van der Waals surface area contributed by atoms with Gasteiger partial charge in [0.15, 0.2) is 0 Å². The largest absolute Gasteiger partial charge is 0.480 e. The summed E-state index contributed by atoms with van der Waals surface area (Å²) in [6, 6.07) is 5.00. The molecule has 1 aliphatic heterocycles. The molecule has 1 amide bonds. The smallest absolute Gasteiger partial charge is 0.409 e. The third-order valence-electron chi connectivity index (χ3n) is 4.41. The van der Waals surface area contributed by atoms with E-state index >= 15 is 0 Å². The molecule has 3 rings (SSSR count). The minimum atomic E-state index is -0.898. The lowest BCUT2D eigenvalue weighted by molar-refractivity contribution is -0.144. The van der Waals surface area contributed by atoms with Crippen molar-refractivity contribution in [3.8, 4) is 0 Å². The Kier molecular flexibility index (Phi) is 5.29. The number of benzene rings is 1. The number of H-pyrrole nitrogens is 1. The number of fused-ring (bicyclic) bond motifs is 1. The molecule has 2 heterocycles. The number of hydrogen-bond acceptors (Lipinski definition) is 4. The van der Waals surface area contributed by atoms with Gasteiger partial charge in [-0.05, 0) is 25.1 Å². The average molecular weight is 410 g/mol. The van der Waals surface area contributed by atoms with E-state index in [-0.39, 0.29) is 6.09 Å². The van der Waals surface area contributed by atoms with Crippen LogP contribution in [0.4, 0.5) is 4.79 Å². The Bertz CT molecular complexity index is 783. The first kappa shape index (κ1) is 17.8. The van der Waals surface area contributed by atoms with Gasteiger partial charge in [-0.2, -0.15) is 0 Å². The molecule has 0 saturated carbocycles. The van der Waals surface area contributed by atoms with Crippen molar-refractivity contribution in [2.45, 2.75) is 13.0 Å². The Morgan fingerprint density at radius 1 is 1.32 bits per heavy atom. The van der Waals surface area contributed by atoms with Crippen LogP contribution in [0, 0.1) is 0 Å². The molecule has 134 valence electrons. The summed E-state index contributed by atoms with van der Waals surface area (Å²) in [4.78, 5) is 30.4. The molecule has 1 aromatic heterocycles. The number of carbonyl (C=O) groups excluding carboxylic acids is 1. The molecule has 25 heavy (non-hydrogen) atoms. The van der Waals surface area contributed by atoms with Crippen molar-refractivity contribution >= 4 is 38.9 Å². The van der Waals surface area contributed by atoms with Gasteiger partial charge in [-0.3, -0.25) is 9.69 Å². The Morgan fingerprint density at radius 3 is 2.68 bits per heavy atom. The second-order valence-electron chi connectivity index (χ2n) is 5.90. The number of hydrogen-bond donors (Lipinski definition) is 2. The zero-order chi connectivity index (χ0) is 18.0. The van der Waals surface area contributed by atoms with Crippen molar-refractivity contribution in [3.63, 3.8) is 0 Å². The van der Waals surface area contributed by atoms with Crippen molar-refractivity contribution in [2.24, 2.45) is 0 Å². The lowest BCUT2D eigenvalue weighted by atomic mass is 10.0. The average Bonchev–Trinajstić information content (AvgIpc) is 2.98. The van der Waals surface area contributed by atoms with Gasteiger partial charge in [0.05, 0.1) is 6.61 Å².